The maximum absolute atomic E-state index is 13.2. The summed E-state index contributed by atoms with van der Waals surface area (Å²) in [6.07, 6.45) is 3.19. The highest BCUT2D eigenvalue weighted by Gasteiger charge is 2.25. The number of rotatable bonds is 8. The van der Waals surface area contributed by atoms with Crippen molar-refractivity contribution in [3.63, 3.8) is 0 Å². The molecule has 0 aliphatic heterocycles. The minimum Gasteiger partial charge on any atom is -0.294 e. The van der Waals surface area contributed by atoms with Crippen LogP contribution >= 0.6 is 23.4 Å². The van der Waals surface area contributed by atoms with Gasteiger partial charge in [0.05, 0.1) is 11.1 Å². The Bertz CT molecular complexity index is 947. The number of thioether (sulfide) groups is 1. The Morgan fingerprint density at radius 2 is 1.54 bits per heavy atom. The quantitative estimate of drug-likeness (QED) is 0.268. The van der Waals surface area contributed by atoms with E-state index in [2.05, 4.69) is 4.98 Å². The Labute approximate surface area is 172 Å². The third kappa shape index (κ3) is 5.06. The predicted molar refractivity (Wildman–Crippen MR) is 110 cm³/mol. The van der Waals surface area contributed by atoms with Gasteiger partial charge in [-0.05, 0) is 54.1 Å². The van der Waals surface area contributed by atoms with Gasteiger partial charge in [-0.3, -0.25) is 14.6 Å². The molecule has 28 heavy (non-hydrogen) atoms. The number of benzene rings is 2. The molecular formula is C22H17ClFNO2S. The van der Waals surface area contributed by atoms with E-state index in [9.17, 15) is 14.0 Å². The fourth-order valence-corrected chi connectivity index (χ4v) is 3.71. The Morgan fingerprint density at radius 3 is 2.14 bits per heavy atom. The van der Waals surface area contributed by atoms with Crippen molar-refractivity contribution >= 4 is 34.9 Å². The Kier molecular flexibility index (Phi) is 6.95. The van der Waals surface area contributed by atoms with E-state index in [1.165, 1.54) is 36.0 Å². The summed E-state index contributed by atoms with van der Waals surface area (Å²) in [5.74, 6) is -1.45. The standard InChI is InChI=1S/C22H17ClFNO2S/c23-14-28-19-7-3-16(4-8-19)21(26)13-20(15-9-11-25-12-10-15)22(27)17-1-5-18(24)6-2-17/h1-12,20H,13-14H2. The van der Waals surface area contributed by atoms with Crippen molar-refractivity contribution in [2.45, 2.75) is 17.2 Å². The first-order valence-corrected chi connectivity index (χ1v) is 10.1. The highest BCUT2D eigenvalue weighted by Crippen LogP contribution is 2.27. The van der Waals surface area contributed by atoms with Crippen LogP contribution in [0.15, 0.2) is 78.0 Å². The Hall–Kier alpha value is -2.50. The van der Waals surface area contributed by atoms with Gasteiger partial charge in [-0.1, -0.05) is 12.1 Å². The SMILES string of the molecule is O=C(CC(C(=O)c1ccc(F)cc1)c1ccncc1)c1ccc(SCCl)cc1. The summed E-state index contributed by atoms with van der Waals surface area (Å²) in [6.45, 7) is 0. The summed E-state index contributed by atoms with van der Waals surface area (Å²) in [4.78, 5) is 30.8. The topological polar surface area (TPSA) is 47.0 Å². The van der Waals surface area contributed by atoms with Crippen molar-refractivity contribution in [2.75, 3.05) is 5.21 Å². The Balaban J connectivity index is 1.86. The summed E-state index contributed by atoms with van der Waals surface area (Å²) in [5, 5.41) is 0.434. The number of nitrogens with zero attached hydrogens (tertiary/aromatic N) is 1. The van der Waals surface area contributed by atoms with E-state index < -0.39 is 11.7 Å². The van der Waals surface area contributed by atoms with Gasteiger partial charge < -0.3 is 0 Å². The average Bonchev–Trinajstić information content (AvgIpc) is 2.73. The molecule has 3 rings (SSSR count). The van der Waals surface area contributed by atoms with Crippen LogP contribution in [0.4, 0.5) is 4.39 Å². The first kappa shape index (κ1) is 20.2. The molecule has 6 heteroatoms. The van der Waals surface area contributed by atoms with Gasteiger partial charge in [-0.15, -0.1) is 23.4 Å². The molecule has 0 aliphatic rings. The largest absolute Gasteiger partial charge is 0.294 e. The number of hydrogen-bond acceptors (Lipinski definition) is 4. The van der Waals surface area contributed by atoms with Crippen LogP contribution in [0.2, 0.25) is 0 Å². The lowest BCUT2D eigenvalue weighted by atomic mass is 9.86. The second kappa shape index (κ2) is 9.62. The van der Waals surface area contributed by atoms with Crippen molar-refractivity contribution in [3.05, 3.63) is 95.6 Å². The molecule has 0 fully saturated rings. The van der Waals surface area contributed by atoms with Crippen molar-refractivity contribution in [3.8, 4) is 0 Å². The van der Waals surface area contributed by atoms with Crippen LogP contribution in [-0.2, 0) is 0 Å². The third-order valence-electron chi connectivity index (χ3n) is 4.34. The zero-order valence-corrected chi connectivity index (χ0v) is 16.4. The molecule has 142 valence electrons. The number of pyridine rings is 1. The average molecular weight is 414 g/mol. The minimum atomic E-state index is -0.669. The van der Waals surface area contributed by atoms with Gasteiger partial charge in [0, 0.05) is 34.8 Å². The van der Waals surface area contributed by atoms with E-state index >= 15 is 0 Å². The number of halogens is 2. The Morgan fingerprint density at radius 1 is 0.929 bits per heavy atom. The number of alkyl halides is 1. The lowest BCUT2D eigenvalue weighted by Gasteiger charge is -2.16. The molecule has 3 nitrogen and oxygen atoms in total. The van der Waals surface area contributed by atoms with Gasteiger partial charge in [0.15, 0.2) is 11.6 Å². The van der Waals surface area contributed by atoms with Gasteiger partial charge in [0.1, 0.15) is 5.82 Å². The van der Waals surface area contributed by atoms with Gasteiger partial charge in [0.2, 0.25) is 0 Å². The molecule has 1 unspecified atom stereocenters. The molecule has 0 radical (unpaired) electrons. The third-order valence-corrected chi connectivity index (χ3v) is 5.38. The van der Waals surface area contributed by atoms with E-state index in [1.54, 1.807) is 36.7 Å². The molecule has 1 heterocycles. The van der Waals surface area contributed by atoms with E-state index in [-0.39, 0.29) is 18.0 Å². The highest BCUT2D eigenvalue weighted by atomic mass is 35.5. The summed E-state index contributed by atoms with van der Waals surface area (Å²) in [6, 6.07) is 16.0. The maximum Gasteiger partial charge on any atom is 0.170 e. The summed E-state index contributed by atoms with van der Waals surface area (Å²) in [7, 11) is 0. The molecule has 0 saturated carbocycles. The summed E-state index contributed by atoms with van der Waals surface area (Å²) < 4.78 is 13.2. The zero-order valence-electron chi connectivity index (χ0n) is 14.8. The second-order valence-electron chi connectivity index (χ2n) is 6.11. The lowest BCUT2D eigenvalue weighted by Crippen LogP contribution is -2.17. The van der Waals surface area contributed by atoms with Crippen molar-refractivity contribution in [1.29, 1.82) is 0 Å². The highest BCUT2D eigenvalue weighted by molar-refractivity contribution is 8.00. The van der Waals surface area contributed by atoms with Crippen LogP contribution in [0.25, 0.3) is 0 Å². The fourth-order valence-electron chi connectivity index (χ4n) is 2.88. The van der Waals surface area contributed by atoms with Crippen LogP contribution < -0.4 is 0 Å². The van der Waals surface area contributed by atoms with Gasteiger partial charge in [0.25, 0.3) is 0 Å². The van der Waals surface area contributed by atoms with Crippen LogP contribution in [0.3, 0.4) is 0 Å². The predicted octanol–water partition coefficient (Wildman–Crippen LogP) is 5.75. The lowest BCUT2D eigenvalue weighted by molar-refractivity contribution is 0.0893. The molecule has 2 aromatic carbocycles. The monoisotopic (exact) mass is 413 g/mol. The number of carbonyl (C=O) groups is 2. The zero-order chi connectivity index (χ0) is 19.9. The maximum atomic E-state index is 13.2. The van der Waals surface area contributed by atoms with E-state index in [1.807, 2.05) is 12.1 Å². The molecule has 0 N–H and O–H groups in total. The molecule has 0 saturated heterocycles. The van der Waals surface area contributed by atoms with Gasteiger partial charge >= 0.3 is 0 Å². The van der Waals surface area contributed by atoms with Crippen molar-refractivity contribution in [2.24, 2.45) is 0 Å². The second-order valence-corrected chi connectivity index (χ2v) is 7.74. The number of Topliss-reactive ketones (excluding diaryl/α,β-unsaturated/α-hetero) is 2. The van der Waals surface area contributed by atoms with Crippen LogP contribution in [0, 0.1) is 5.82 Å². The molecule has 1 atom stereocenters. The number of ketones is 2. The minimum absolute atomic E-state index is 0.0161. The number of carbonyl (C=O) groups excluding carboxylic acids is 2. The van der Waals surface area contributed by atoms with Crippen molar-refractivity contribution in [1.82, 2.24) is 4.98 Å². The van der Waals surface area contributed by atoms with Gasteiger partial charge in [-0.25, -0.2) is 4.39 Å². The van der Waals surface area contributed by atoms with Gasteiger partial charge in [-0.2, -0.15) is 0 Å². The molecule has 0 amide bonds. The van der Waals surface area contributed by atoms with E-state index in [0.717, 1.165) is 4.90 Å². The van der Waals surface area contributed by atoms with E-state index in [0.29, 0.717) is 21.9 Å². The molecular weight excluding hydrogens is 397 g/mol. The fraction of sp³-hybridized carbons (Fsp3) is 0.136. The van der Waals surface area contributed by atoms with Crippen molar-refractivity contribution < 1.29 is 14.0 Å². The smallest absolute Gasteiger partial charge is 0.170 e. The van der Waals surface area contributed by atoms with Crippen LogP contribution in [0.5, 0.6) is 0 Å². The number of aromatic nitrogens is 1. The molecule has 0 bridgehead atoms. The van der Waals surface area contributed by atoms with Crippen LogP contribution in [0.1, 0.15) is 38.6 Å². The molecule has 1 aromatic heterocycles. The summed E-state index contributed by atoms with van der Waals surface area (Å²) in [5.41, 5.74) is 1.60. The first-order valence-electron chi connectivity index (χ1n) is 8.60. The van der Waals surface area contributed by atoms with Crippen LogP contribution in [-0.4, -0.2) is 21.8 Å². The number of hydrogen-bond donors (Lipinski definition) is 0. The van der Waals surface area contributed by atoms with E-state index in [4.69, 9.17) is 11.6 Å². The summed E-state index contributed by atoms with van der Waals surface area (Å²) >= 11 is 7.18. The molecule has 3 aromatic rings. The molecule has 0 aliphatic carbocycles. The normalized spacial score (nSPS) is 11.8. The molecule has 0 spiro atoms. The first-order chi connectivity index (χ1) is 13.6.